The molecular weight excluding hydrogens is 237 g/mol. The van der Waals surface area contributed by atoms with Crippen LogP contribution >= 0.6 is 0 Å². The van der Waals surface area contributed by atoms with Crippen LogP contribution < -0.4 is 16.4 Å². The van der Waals surface area contributed by atoms with E-state index >= 15 is 0 Å². The zero-order chi connectivity index (χ0) is 13.0. The summed E-state index contributed by atoms with van der Waals surface area (Å²) in [6.45, 7) is 0. The number of hydrogen-bond donors (Lipinski definition) is 3. The minimum absolute atomic E-state index is 0.0417. The van der Waals surface area contributed by atoms with E-state index in [0.29, 0.717) is 5.69 Å². The maximum absolute atomic E-state index is 13.5. The minimum Gasteiger partial charge on any atom is -0.351 e. The van der Waals surface area contributed by atoms with E-state index in [-0.39, 0.29) is 11.8 Å². The third-order valence-corrected chi connectivity index (χ3v) is 2.02. The molecule has 0 radical (unpaired) electrons. The van der Waals surface area contributed by atoms with Crippen molar-refractivity contribution in [1.29, 1.82) is 0 Å². The Labute approximate surface area is 102 Å². The highest BCUT2D eigenvalue weighted by atomic mass is 19.1. The second-order valence-corrected chi connectivity index (χ2v) is 3.37. The Morgan fingerprint density at radius 3 is 2.67 bits per heavy atom. The predicted octanol–water partition coefficient (Wildman–Crippen LogP) is 1.85. The second kappa shape index (κ2) is 5.09. The number of anilines is 3. The zero-order valence-electron chi connectivity index (χ0n) is 9.22. The summed E-state index contributed by atoms with van der Waals surface area (Å²) >= 11 is 0. The van der Waals surface area contributed by atoms with Crippen molar-refractivity contribution in [2.75, 3.05) is 10.6 Å². The highest BCUT2D eigenvalue weighted by Crippen LogP contribution is 2.17. The Bertz CT molecular complexity index is 561. The first kappa shape index (κ1) is 11.8. The van der Waals surface area contributed by atoms with Gasteiger partial charge in [0.05, 0.1) is 6.20 Å². The van der Waals surface area contributed by atoms with Crippen molar-refractivity contribution in [3.8, 4) is 0 Å². The molecule has 4 N–H and O–H groups in total. The molecule has 7 heteroatoms. The summed E-state index contributed by atoms with van der Waals surface area (Å²) in [5.41, 5.74) is 5.59. The van der Waals surface area contributed by atoms with E-state index in [2.05, 4.69) is 20.6 Å². The predicted molar refractivity (Wildman–Crippen MR) is 64.9 cm³/mol. The van der Waals surface area contributed by atoms with E-state index in [0.717, 1.165) is 6.20 Å². The summed E-state index contributed by atoms with van der Waals surface area (Å²) < 4.78 is 13.5. The van der Waals surface area contributed by atoms with Gasteiger partial charge < -0.3 is 11.1 Å². The highest BCUT2D eigenvalue weighted by Gasteiger charge is 2.08. The van der Waals surface area contributed by atoms with Crippen LogP contribution in [0.4, 0.5) is 26.6 Å². The molecule has 2 rings (SSSR count). The number of benzene rings is 1. The maximum Gasteiger partial charge on any atom is 0.319 e. The molecule has 6 nitrogen and oxygen atoms in total. The van der Waals surface area contributed by atoms with Crippen molar-refractivity contribution in [1.82, 2.24) is 9.97 Å². The van der Waals surface area contributed by atoms with Gasteiger partial charge in [0.15, 0.2) is 11.6 Å². The molecule has 1 aromatic heterocycles. The lowest BCUT2D eigenvalue weighted by Gasteiger charge is -2.07. The van der Waals surface area contributed by atoms with Gasteiger partial charge in [0, 0.05) is 5.69 Å². The Kier molecular flexibility index (Phi) is 3.33. The number of amides is 2. The molecule has 0 aliphatic carbocycles. The van der Waals surface area contributed by atoms with E-state index in [4.69, 9.17) is 5.73 Å². The summed E-state index contributed by atoms with van der Waals surface area (Å²) in [6.07, 6.45) is 0.948. The van der Waals surface area contributed by atoms with Crippen LogP contribution in [0, 0.1) is 5.82 Å². The molecule has 0 aliphatic rings. The fourth-order valence-electron chi connectivity index (χ4n) is 1.28. The number of urea groups is 1. The molecule has 0 atom stereocenters. The Balaban J connectivity index is 2.24. The molecule has 0 unspecified atom stereocenters. The number of nitrogens with one attached hydrogen (secondary N) is 2. The molecule has 0 saturated carbocycles. The van der Waals surface area contributed by atoms with Gasteiger partial charge in [-0.1, -0.05) is 18.2 Å². The fraction of sp³-hybridized carbons (Fsp3) is 0. The van der Waals surface area contributed by atoms with Crippen molar-refractivity contribution in [3.05, 3.63) is 42.3 Å². The van der Waals surface area contributed by atoms with E-state index in [1.54, 1.807) is 24.3 Å². The van der Waals surface area contributed by atoms with Gasteiger partial charge in [0.2, 0.25) is 5.95 Å². The lowest BCUT2D eigenvalue weighted by Crippen LogP contribution is -2.21. The molecule has 0 aliphatic heterocycles. The van der Waals surface area contributed by atoms with Crippen LogP contribution in [0.1, 0.15) is 0 Å². The molecule has 1 aromatic carbocycles. The quantitative estimate of drug-likeness (QED) is 0.771. The van der Waals surface area contributed by atoms with E-state index in [9.17, 15) is 9.18 Å². The van der Waals surface area contributed by atoms with Crippen molar-refractivity contribution in [2.45, 2.75) is 0 Å². The SMILES string of the molecule is NC(=O)Nc1ncc(F)c(Nc2ccccc2)n1. The monoisotopic (exact) mass is 247 g/mol. The number of halogens is 1. The van der Waals surface area contributed by atoms with Gasteiger partial charge in [-0.2, -0.15) is 4.98 Å². The Morgan fingerprint density at radius 2 is 2.00 bits per heavy atom. The van der Waals surface area contributed by atoms with Crippen LogP contribution in [0.15, 0.2) is 36.5 Å². The van der Waals surface area contributed by atoms with Gasteiger partial charge in [-0.15, -0.1) is 0 Å². The number of carbonyl (C=O) groups excluding carboxylic acids is 1. The number of primary amides is 1. The smallest absolute Gasteiger partial charge is 0.319 e. The largest absolute Gasteiger partial charge is 0.351 e. The first-order valence-corrected chi connectivity index (χ1v) is 5.06. The van der Waals surface area contributed by atoms with Crippen LogP contribution in [-0.2, 0) is 0 Å². The second-order valence-electron chi connectivity index (χ2n) is 3.37. The molecule has 2 aromatic rings. The van der Waals surface area contributed by atoms with Crippen molar-refractivity contribution in [2.24, 2.45) is 5.73 Å². The van der Waals surface area contributed by atoms with Gasteiger partial charge in [-0.25, -0.2) is 14.2 Å². The van der Waals surface area contributed by atoms with Crippen molar-refractivity contribution >= 4 is 23.5 Å². The number of para-hydroxylation sites is 1. The van der Waals surface area contributed by atoms with Gasteiger partial charge in [-0.05, 0) is 12.1 Å². The van der Waals surface area contributed by atoms with Gasteiger partial charge in [-0.3, -0.25) is 5.32 Å². The number of nitrogens with two attached hydrogens (primary N) is 1. The van der Waals surface area contributed by atoms with Crippen molar-refractivity contribution in [3.63, 3.8) is 0 Å². The normalized spacial score (nSPS) is 9.83. The van der Waals surface area contributed by atoms with E-state index in [1.165, 1.54) is 0 Å². The zero-order valence-corrected chi connectivity index (χ0v) is 9.22. The van der Waals surface area contributed by atoms with E-state index < -0.39 is 11.8 Å². The first-order valence-electron chi connectivity index (χ1n) is 5.06. The summed E-state index contributed by atoms with van der Waals surface area (Å²) in [5.74, 6) is -0.740. The molecular formula is C11H10FN5O. The Morgan fingerprint density at radius 1 is 1.28 bits per heavy atom. The topological polar surface area (TPSA) is 92.9 Å². The van der Waals surface area contributed by atoms with Gasteiger partial charge in [0.25, 0.3) is 0 Å². The fourth-order valence-corrected chi connectivity index (χ4v) is 1.28. The molecule has 1 heterocycles. The van der Waals surface area contributed by atoms with E-state index in [1.807, 2.05) is 6.07 Å². The third-order valence-electron chi connectivity index (χ3n) is 2.02. The van der Waals surface area contributed by atoms with Gasteiger partial charge >= 0.3 is 6.03 Å². The molecule has 0 saturated heterocycles. The Hall–Kier alpha value is -2.70. The lowest BCUT2D eigenvalue weighted by molar-refractivity contribution is 0.259. The number of aromatic nitrogens is 2. The molecule has 0 spiro atoms. The minimum atomic E-state index is -0.813. The number of carbonyl (C=O) groups is 1. The maximum atomic E-state index is 13.5. The summed E-state index contributed by atoms with van der Waals surface area (Å²) in [6, 6.07) is 8.12. The summed E-state index contributed by atoms with van der Waals surface area (Å²) in [5, 5.41) is 4.94. The third kappa shape index (κ3) is 2.91. The molecule has 92 valence electrons. The lowest BCUT2D eigenvalue weighted by atomic mass is 10.3. The van der Waals surface area contributed by atoms with Gasteiger partial charge in [0.1, 0.15) is 0 Å². The summed E-state index contributed by atoms with van der Waals surface area (Å²) in [4.78, 5) is 18.0. The molecule has 2 amide bonds. The average molecular weight is 247 g/mol. The van der Waals surface area contributed by atoms with Crippen molar-refractivity contribution < 1.29 is 9.18 Å². The summed E-state index contributed by atoms with van der Waals surface area (Å²) in [7, 11) is 0. The standard InChI is InChI=1S/C11H10FN5O/c12-8-6-14-11(17-10(13)18)16-9(8)15-7-4-2-1-3-5-7/h1-6H,(H4,13,14,15,16,17,18). The molecule has 0 fully saturated rings. The number of hydrogen-bond acceptors (Lipinski definition) is 4. The van der Waals surface area contributed by atoms with Crippen LogP contribution in [0.5, 0.6) is 0 Å². The van der Waals surface area contributed by atoms with Crippen LogP contribution in [0.3, 0.4) is 0 Å². The van der Waals surface area contributed by atoms with Crippen LogP contribution in [-0.4, -0.2) is 16.0 Å². The number of rotatable bonds is 3. The average Bonchev–Trinajstić information content (AvgIpc) is 2.34. The molecule has 0 bridgehead atoms. The highest BCUT2D eigenvalue weighted by molar-refractivity contribution is 5.85. The van der Waals surface area contributed by atoms with Crippen LogP contribution in [0.25, 0.3) is 0 Å². The van der Waals surface area contributed by atoms with Crippen LogP contribution in [0.2, 0.25) is 0 Å². The first-order chi connectivity index (χ1) is 8.65. The molecule has 18 heavy (non-hydrogen) atoms. The number of nitrogens with zero attached hydrogens (tertiary/aromatic N) is 2.